The highest BCUT2D eigenvalue weighted by atomic mass is 14.9. The molecule has 3 nitrogen and oxygen atoms in total. The summed E-state index contributed by atoms with van der Waals surface area (Å²) in [5.41, 5.74) is 6.67. The van der Waals surface area contributed by atoms with Crippen LogP contribution in [-0.2, 0) is 6.42 Å². The first-order valence-corrected chi connectivity index (χ1v) is 4.03. The number of hydrogen-bond acceptors (Lipinski definition) is 2. The van der Waals surface area contributed by atoms with Crippen molar-refractivity contribution in [3.8, 4) is 0 Å². The van der Waals surface area contributed by atoms with Crippen LogP contribution in [0, 0.1) is 0 Å². The molecule has 0 aliphatic carbocycles. The van der Waals surface area contributed by atoms with Crippen LogP contribution >= 0.6 is 0 Å². The van der Waals surface area contributed by atoms with Gasteiger partial charge in [0.2, 0.25) is 0 Å². The molecule has 1 atom stereocenters. The normalized spacial score (nSPS) is 13.4. The molecule has 1 aromatic heterocycles. The van der Waals surface area contributed by atoms with Crippen molar-refractivity contribution in [1.29, 1.82) is 0 Å². The topological polar surface area (TPSA) is 54.7 Å². The Labute approximate surface area is 67.0 Å². The second-order valence-corrected chi connectivity index (χ2v) is 2.82. The van der Waals surface area contributed by atoms with Crippen LogP contribution in [0.2, 0.25) is 0 Å². The molecule has 0 aromatic carbocycles. The SMILES string of the molecule is CCCc1ncc(C(C)N)[nH]1. The lowest BCUT2D eigenvalue weighted by Gasteiger charge is -1.98. The highest BCUT2D eigenvalue weighted by Crippen LogP contribution is 2.06. The lowest BCUT2D eigenvalue weighted by Crippen LogP contribution is -2.05. The summed E-state index contributed by atoms with van der Waals surface area (Å²) in [7, 11) is 0. The monoisotopic (exact) mass is 153 g/mol. The summed E-state index contributed by atoms with van der Waals surface area (Å²) >= 11 is 0. The van der Waals surface area contributed by atoms with Crippen LogP contribution in [-0.4, -0.2) is 9.97 Å². The van der Waals surface area contributed by atoms with Crippen LogP contribution in [0.4, 0.5) is 0 Å². The Hall–Kier alpha value is -0.830. The summed E-state index contributed by atoms with van der Waals surface area (Å²) in [4.78, 5) is 7.37. The van der Waals surface area contributed by atoms with Gasteiger partial charge in [-0.1, -0.05) is 6.92 Å². The minimum Gasteiger partial charge on any atom is -0.345 e. The van der Waals surface area contributed by atoms with Gasteiger partial charge in [0, 0.05) is 18.7 Å². The third-order valence-electron chi connectivity index (χ3n) is 1.63. The Bertz CT molecular complexity index is 215. The lowest BCUT2D eigenvalue weighted by molar-refractivity contribution is 0.775. The van der Waals surface area contributed by atoms with Gasteiger partial charge in [0.25, 0.3) is 0 Å². The summed E-state index contributed by atoms with van der Waals surface area (Å²) in [6, 6.07) is 0.0631. The molecule has 0 saturated carbocycles. The fourth-order valence-electron chi connectivity index (χ4n) is 0.974. The Kier molecular flexibility index (Phi) is 2.65. The second kappa shape index (κ2) is 3.53. The van der Waals surface area contributed by atoms with Crippen LogP contribution in [0.15, 0.2) is 6.20 Å². The zero-order chi connectivity index (χ0) is 8.27. The molecule has 1 aromatic rings. The van der Waals surface area contributed by atoms with Gasteiger partial charge in [-0.15, -0.1) is 0 Å². The van der Waals surface area contributed by atoms with Gasteiger partial charge in [-0.3, -0.25) is 0 Å². The van der Waals surface area contributed by atoms with E-state index in [1.807, 2.05) is 13.1 Å². The van der Waals surface area contributed by atoms with Gasteiger partial charge in [-0.05, 0) is 13.3 Å². The standard InChI is InChI=1S/C8H15N3/c1-3-4-8-10-5-7(11-8)6(2)9/h5-6H,3-4,9H2,1-2H3,(H,10,11). The molecule has 3 N–H and O–H groups in total. The molecule has 1 heterocycles. The number of aromatic amines is 1. The molecule has 3 heteroatoms. The van der Waals surface area contributed by atoms with Crippen LogP contribution in [0.25, 0.3) is 0 Å². The van der Waals surface area contributed by atoms with Crippen molar-refractivity contribution in [3.63, 3.8) is 0 Å². The van der Waals surface area contributed by atoms with E-state index in [1.165, 1.54) is 0 Å². The van der Waals surface area contributed by atoms with Crippen LogP contribution in [0.5, 0.6) is 0 Å². The quantitative estimate of drug-likeness (QED) is 0.689. The molecule has 0 fully saturated rings. The van der Waals surface area contributed by atoms with E-state index >= 15 is 0 Å². The lowest BCUT2D eigenvalue weighted by atomic mass is 10.3. The van der Waals surface area contributed by atoms with Crippen molar-refractivity contribution in [1.82, 2.24) is 9.97 Å². The third-order valence-corrected chi connectivity index (χ3v) is 1.63. The number of H-pyrrole nitrogens is 1. The molecule has 0 aliphatic heterocycles. The number of imidazole rings is 1. The molecule has 1 rings (SSSR count). The largest absolute Gasteiger partial charge is 0.345 e. The van der Waals surface area contributed by atoms with Crippen molar-refractivity contribution in [2.45, 2.75) is 32.7 Å². The molecule has 1 unspecified atom stereocenters. The molecule has 0 spiro atoms. The summed E-state index contributed by atoms with van der Waals surface area (Å²) in [5, 5.41) is 0. The zero-order valence-electron chi connectivity index (χ0n) is 7.09. The zero-order valence-corrected chi connectivity index (χ0v) is 7.09. The Morgan fingerprint density at radius 1 is 1.73 bits per heavy atom. The second-order valence-electron chi connectivity index (χ2n) is 2.82. The number of rotatable bonds is 3. The molecule has 0 amide bonds. The van der Waals surface area contributed by atoms with Gasteiger partial charge in [0.1, 0.15) is 5.82 Å². The summed E-state index contributed by atoms with van der Waals surface area (Å²) in [6.45, 7) is 4.08. The Morgan fingerprint density at radius 2 is 2.45 bits per heavy atom. The molecule has 0 bridgehead atoms. The first-order chi connectivity index (χ1) is 5.24. The van der Waals surface area contributed by atoms with Gasteiger partial charge in [0.05, 0.1) is 5.69 Å². The van der Waals surface area contributed by atoms with Gasteiger partial charge >= 0.3 is 0 Å². The van der Waals surface area contributed by atoms with E-state index in [4.69, 9.17) is 5.73 Å². The maximum Gasteiger partial charge on any atom is 0.106 e. The average Bonchev–Trinajstić information content (AvgIpc) is 2.37. The summed E-state index contributed by atoms with van der Waals surface area (Å²) in [5.74, 6) is 1.04. The fourth-order valence-corrected chi connectivity index (χ4v) is 0.974. The molecular weight excluding hydrogens is 138 g/mol. The molecule has 0 saturated heterocycles. The van der Waals surface area contributed by atoms with E-state index in [-0.39, 0.29) is 6.04 Å². The highest BCUT2D eigenvalue weighted by molar-refractivity contribution is 5.04. The van der Waals surface area contributed by atoms with E-state index in [0.29, 0.717) is 0 Å². The van der Waals surface area contributed by atoms with Gasteiger partial charge in [0.15, 0.2) is 0 Å². The molecule has 0 aliphatic rings. The fraction of sp³-hybridized carbons (Fsp3) is 0.625. The van der Waals surface area contributed by atoms with E-state index in [0.717, 1.165) is 24.4 Å². The third kappa shape index (κ3) is 2.05. The minimum absolute atomic E-state index is 0.0631. The van der Waals surface area contributed by atoms with E-state index in [2.05, 4.69) is 16.9 Å². The van der Waals surface area contributed by atoms with Crippen molar-refractivity contribution >= 4 is 0 Å². The summed E-state index contributed by atoms with van der Waals surface area (Å²) in [6.07, 6.45) is 3.94. The number of nitrogens with two attached hydrogens (primary N) is 1. The number of aryl methyl sites for hydroxylation is 1. The van der Waals surface area contributed by atoms with E-state index in [1.54, 1.807) is 0 Å². The van der Waals surface area contributed by atoms with Crippen molar-refractivity contribution in [3.05, 3.63) is 17.7 Å². The van der Waals surface area contributed by atoms with Crippen molar-refractivity contribution in [2.24, 2.45) is 5.73 Å². The van der Waals surface area contributed by atoms with Crippen LogP contribution in [0.3, 0.4) is 0 Å². The van der Waals surface area contributed by atoms with E-state index < -0.39 is 0 Å². The number of hydrogen-bond donors (Lipinski definition) is 2. The van der Waals surface area contributed by atoms with Gasteiger partial charge in [-0.25, -0.2) is 4.98 Å². The average molecular weight is 153 g/mol. The molecule has 11 heavy (non-hydrogen) atoms. The molecule has 0 radical (unpaired) electrons. The maximum absolute atomic E-state index is 5.65. The van der Waals surface area contributed by atoms with Crippen LogP contribution < -0.4 is 5.73 Å². The number of aromatic nitrogens is 2. The Morgan fingerprint density at radius 3 is 2.91 bits per heavy atom. The Balaban J connectivity index is 2.66. The van der Waals surface area contributed by atoms with Crippen LogP contribution in [0.1, 0.15) is 37.8 Å². The van der Waals surface area contributed by atoms with Crippen molar-refractivity contribution < 1.29 is 0 Å². The number of nitrogens with one attached hydrogen (secondary N) is 1. The molecule has 62 valence electrons. The number of nitrogens with zero attached hydrogens (tertiary/aromatic N) is 1. The first kappa shape index (κ1) is 8.27. The predicted octanol–water partition coefficient (Wildman–Crippen LogP) is 1.38. The highest BCUT2D eigenvalue weighted by Gasteiger charge is 2.02. The first-order valence-electron chi connectivity index (χ1n) is 4.03. The predicted molar refractivity (Wildman–Crippen MR) is 45.2 cm³/mol. The minimum atomic E-state index is 0.0631. The maximum atomic E-state index is 5.65. The van der Waals surface area contributed by atoms with Crippen molar-refractivity contribution in [2.75, 3.05) is 0 Å². The van der Waals surface area contributed by atoms with E-state index in [9.17, 15) is 0 Å². The summed E-state index contributed by atoms with van der Waals surface area (Å²) < 4.78 is 0. The molecular formula is C8H15N3. The van der Waals surface area contributed by atoms with Gasteiger partial charge in [-0.2, -0.15) is 0 Å². The van der Waals surface area contributed by atoms with Gasteiger partial charge < -0.3 is 10.7 Å². The smallest absolute Gasteiger partial charge is 0.106 e.